The van der Waals surface area contributed by atoms with E-state index in [2.05, 4.69) is 4.98 Å². The van der Waals surface area contributed by atoms with E-state index < -0.39 is 5.78 Å². The first-order chi connectivity index (χ1) is 6.79. The van der Waals surface area contributed by atoms with Gasteiger partial charge in [-0.1, -0.05) is 12.1 Å². The Bertz CT molecular complexity index is 491. The average Bonchev–Trinajstić information content (AvgIpc) is 2.59. The Hall–Kier alpha value is -1.73. The Balaban J connectivity index is 2.37. The molecule has 0 N–H and O–H groups in total. The highest BCUT2D eigenvalue weighted by Crippen LogP contribution is 2.21. The number of para-hydroxylation sites is 1. The topological polar surface area (TPSA) is 53.8 Å². The Morgan fingerprint density at radius 3 is 3.00 bits per heavy atom. The van der Waals surface area contributed by atoms with E-state index in [0.717, 1.165) is 10.2 Å². The summed E-state index contributed by atoms with van der Waals surface area (Å²) in [6, 6.07) is 9.26. The molecule has 2 rings (SSSR count). The second-order valence-electron chi connectivity index (χ2n) is 2.79. The van der Waals surface area contributed by atoms with Crippen LogP contribution in [-0.4, -0.2) is 10.8 Å². The molecular weight excluding hydrogens is 196 g/mol. The number of hydrogen-bond donors (Lipinski definition) is 0. The van der Waals surface area contributed by atoms with Crippen LogP contribution in [0.1, 0.15) is 5.01 Å². The van der Waals surface area contributed by atoms with Gasteiger partial charge in [-0.2, -0.15) is 5.26 Å². The van der Waals surface area contributed by atoms with Crippen LogP contribution in [0.25, 0.3) is 10.2 Å². The largest absolute Gasteiger partial charge is 0.282 e. The van der Waals surface area contributed by atoms with Gasteiger partial charge < -0.3 is 0 Å². The maximum Gasteiger partial charge on any atom is 0.238 e. The van der Waals surface area contributed by atoms with Crippen molar-refractivity contribution < 1.29 is 4.79 Å². The number of fused-ring (bicyclic) bond motifs is 1. The lowest BCUT2D eigenvalue weighted by Gasteiger charge is -1.83. The number of carbonyl (C=O) groups is 1. The molecule has 0 radical (unpaired) electrons. The number of carbonyl (C=O) groups excluding carboxylic acids is 1. The normalized spacial score (nSPS) is 9.93. The minimum atomic E-state index is -0.441. The highest BCUT2D eigenvalue weighted by Gasteiger charge is 2.07. The van der Waals surface area contributed by atoms with Gasteiger partial charge in [-0.15, -0.1) is 11.3 Å². The van der Waals surface area contributed by atoms with Crippen molar-refractivity contribution in [3.8, 4) is 6.07 Å². The number of Topliss-reactive ketones (excluding diaryl/α,β-unsaturated/α-hetero) is 1. The van der Waals surface area contributed by atoms with Gasteiger partial charge in [0.25, 0.3) is 0 Å². The van der Waals surface area contributed by atoms with Crippen molar-refractivity contribution in [1.29, 1.82) is 5.26 Å². The van der Waals surface area contributed by atoms with Crippen LogP contribution < -0.4 is 0 Å². The van der Waals surface area contributed by atoms with Gasteiger partial charge in [-0.3, -0.25) is 4.79 Å². The molecule has 14 heavy (non-hydrogen) atoms. The van der Waals surface area contributed by atoms with Crippen molar-refractivity contribution in [2.24, 2.45) is 0 Å². The molecule has 0 fully saturated rings. The molecule has 0 atom stereocenters. The van der Waals surface area contributed by atoms with Gasteiger partial charge in [0.1, 0.15) is 11.1 Å². The van der Waals surface area contributed by atoms with E-state index in [0.29, 0.717) is 5.01 Å². The molecule has 0 aliphatic rings. The first-order valence-electron chi connectivity index (χ1n) is 4.07. The maximum atomic E-state index is 10.9. The van der Waals surface area contributed by atoms with Gasteiger partial charge in [-0.25, -0.2) is 4.98 Å². The van der Waals surface area contributed by atoms with E-state index in [4.69, 9.17) is 5.26 Å². The van der Waals surface area contributed by atoms with E-state index in [1.54, 1.807) is 6.07 Å². The number of hydrogen-bond acceptors (Lipinski definition) is 4. The molecule has 0 aliphatic carbocycles. The minimum Gasteiger partial charge on any atom is -0.282 e. The molecule has 2 aromatic rings. The zero-order valence-corrected chi connectivity index (χ0v) is 8.04. The SMILES string of the molecule is N#CC(=O)Cc1nc2ccccc2s1. The molecule has 0 unspecified atom stereocenters. The van der Waals surface area contributed by atoms with Crippen LogP contribution in [0.4, 0.5) is 0 Å². The summed E-state index contributed by atoms with van der Waals surface area (Å²) in [5, 5.41) is 9.05. The van der Waals surface area contributed by atoms with E-state index in [1.807, 2.05) is 24.3 Å². The zero-order chi connectivity index (χ0) is 9.97. The standard InChI is InChI=1S/C10H6N2OS/c11-6-7(13)5-10-12-8-3-1-2-4-9(8)14-10/h1-4H,5H2. The molecule has 0 spiro atoms. The lowest BCUT2D eigenvalue weighted by atomic mass is 10.3. The van der Waals surface area contributed by atoms with Crippen molar-refractivity contribution in [1.82, 2.24) is 4.98 Å². The Labute approximate surface area is 84.6 Å². The van der Waals surface area contributed by atoms with Gasteiger partial charge in [0.05, 0.1) is 16.6 Å². The number of rotatable bonds is 2. The maximum absolute atomic E-state index is 10.9. The first kappa shape index (κ1) is 8.85. The van der Waals surface area contributed by atoms with Crippen LogP contribution >= 0.6 is 11.3 Å². The molecular formula is C10H6N2OS. The monoisotopic (exact) mass is 202 g/mol. The highest BCUT2D eigenvalue weighted by molar-refractivity contribution is 7.18. The fourth-order valence-electron chi connectivity index (χ4n) is 1.17. The van der Waals surface area contributed by atoms with Crippen molar-refractivity contribution in [3.63, 3.8) is 0 Å². The molecule has 68 valence electrons. The van der Waals surface area contributed by atoms with Crippen molar-refractivity contribution in [3.05, 3.63) is 29.3 Å². The van der Waals surface area contributed by atoms with E-state index in [9.17, 15) is 4.79 Å². The summed E-state index contributed by atoms with van der Waals surface area (Å²) in [4.78, 5) is 15.1. The third kappa shape index (κ3) is 1.63. The van der Waals surface area contributed by atoms with Crippen LogP contribution in [0.3, 0.4) is 0 Å². The summed E-state index contributed by atoms with van der Waals surface area (Å²) in [6.45, 7) is 0. The number of ketones is 1. The summed E-state index contributed by atoms with van der Waals surface area (Å²) in [6.07, 6.45) is 0.121. The molecule has 0 saturated heterocycles. The Morgan fingerprint density at radius 1 is 1.50 bits per heavy atom. The molecule has 4 heteroatoms. The first-order valence-corrected chi connectivity index (χ1v) is 4.88. The number of nitrogens with zero attached hydrogens (tertiary/aromatic N) is 2. The minimum absolute atomic E-state index is 0.121. The predicted molar refractivity (Wildman–Crippen MR) is 53.9 cm³/mol. The molecule has 0 amide bonds. The average molecular weight is 202 g/mol. The van der Waals surface area contributed by atoms with Gasteiger partial charge in [-0.05, 0) is 12.1 Å². The van der Waals surface area contributed by atoms with Crippen molar-refractivity contribution in [2.75, 3.05) is 0 Å². The summed E-state index contributed by atoms with van der Waals surface area (Å²) >= 11 is 1.46. The van der Waals surface area contributed by atoms with E-state index in [1.165, 1.54) is 11.3 Å². The summed E-state index contributed by atoms with van der Waals surface area (Å²) < 4.78 is 1.05. The molecule has 1 heterocycles. The Kier molecular flexibility index (Phi) is 2.25. The number of benzene rings is 1. The quantitative estimate of drug-likeness (QED) is 0.699. The Morgan fingerprint density at radius 2 is 2.29 bits per heavy atom. The van der Waals surface area contributed by atoms with Crippen LogP contribution in [0, 0.1) is 11.3 Å². The van der Waals surface area contributed by atoms with Crippen LogP contribution in [0.5, 0.6) is 0 Å². The number of nitriles is 1. The predicted octanol–water partition coefficient (Wildman–Crippen LogP) is 1.93. The van der Waals surface area contributed by atoms with Crippen molar-refractivity contribution in [2.45, 2.75) is 6.42 Å². The third-order valence-corrected chi connectivity index (χ3v) is 2.81. The molecule has 0 aliphatic heterocycles. The zero-order valence-electron chi connectivity index (χ0n) is 7.23. The number of thiazole rings is 1. The number of aromatic nitrogens is 1. The third-order valence-electron chi connectivity index (χ3n) is 1.77. The molecule has 1 aromatic carbocycles. The van der Waals surface area contributed by atoms with Gasteiger partial charge in [0.2, 0.25) is 5.78 Å². The van der Waals surface area contributed by atoms with Crippen LogP contribution in [-0.2, 0) is 11.2 Å². The van der Waals surface area contributed by atoms with Gasteiger partial charge in [0, 0.05) is 0 Å². The molecule has 3 nitrogen and oxygen atoms in total. The highest BCUT2D eigenvalue weighted by atomic mass is 32.1. The summed E-state index contributed by atoms with van der Waals surface area (Å²) in [5.74, 6) is -0.441. The van der Waals surface area contributed by atoms with Gasteiger partial charge >= 0.3 is 0 Å². The lowest BCUT2D eigenvalue weighted by Crippen LogP contribution is -1.97. The van der Waals surface area contributed by atoms with E-state index in [-0.39, 0.29) is 6.42 Å². The molecule has 0 bridgehead atoms. The van der Waals surface area contributed by atoms with Gasteiger partial charge in [0.15, 0.2) is 0 Å². The molecule has 0 saturated carbocycles. The second kappa shape index (κ2) is 3.56. The smallest absolute Gasteiger partial charge is 0.238 e. The fourth-order valence-corrected chi connectivity index (χ4v) is 2.14. The summed E-state index contributed by atoms with van der Waals surface area (Å²) in [5.41, 5.74) is 0.887. The summed E-state index contributed by atoms with van der Waals surface area (Å²) in [7, 11) is 0. The van der Waals surface area contributed by atoms with Crippen LogP contribution in [0.15, 0.2) is 24.3 Å². The lowest BCUT2D eigenvalue weighted by molar-refractivity contribution is -0.113. The van der Waals surface area contributed by atoms with E-state index >= 15 is 0 Å². The molecule has 1 aromatic heterocycles. The van der Waals surface area contributed by atoms with Crippen molar-refractivity contribution >= 4 is 27.3 Å². The fraction of sp³-hybridized carbons (Fsp3) is 0.100. The second-order valence-corrected chi connectivity index (χ2v) is 3.90. The van der Waals surface area contributed by atoms with Crippen LogP contribution in [0.2, 0.25) is 0 Å².